The second-order valence-corrected chi connectivity index (χ2v) is 3.99. The molecule has 4 nitrogen and oxygen atoms in total. The Morgan fingerprint density at radius 1 is 1.69 bits per heavy atom. The number of nitrogens with zero attached hydrogens (tertiary/aromatic N) is 1. The van der Waals surface area contributed by atoms with E-state index in [0.29, 0.717) is 13.2 Å². The van der Waals surface area contributed by atoms with Crippen molar-refractivity contribution in [1.29, 1.82) is 0 Å². The largest absolute Gasteiger partial charge is 0.380 e. The minimum atomic E-state index is -0.159. The molecule has 1 spiro atoms. The van der Waals surface area contributed by atoms with Gasteiger partial charge in [-0.3, -0.25) is 10.1 Å². The average molecular weight is 184 g/mol. The van der Waals surface area contributed by atoms with Gasteiger partial charge in [-0.1, -0.05) is 0 Å². The maximum absolute atomic E-state index is 11.7. The van der Waals surface area contributed by atoms with Gasteiger partial charge in [0.25, 0.3) is 0 Å². The van der Waals surface area contributed by atoms with E-state index in [1.807, 2.05) is 11.8 Å². The number of nitrogens with one attached hydrogen (secondary N) is 1. The summed E-state index contributed by atoms with van der Waals surface area (Å²) in [6.07, 6.45) is 2.13. The molecule has 1 unspecified atom stereocenters. The zero-order valence-electron chi connectivity index (χ0n) is 8.17. The highest BCUT2D eigenvalue weighted by molar-refractivity contribution is 5.91. The number of hydrogen-bond donors (Lipinski definition) is 1. The Bertz CT molecular complexity index is 226. The third-order valence-electron chi connectivity index (χ3n) is 2.93. The molecule has 1 N–H and O–H groups in total. The fourth-order valence-corrected chi connectivity index (χ4v) is 1.74. The summed E-state index contributed by atoms with van der Waals surface area (Å²) in [6.45, 7) is 3.36. The Kier molecular flexibility index (Phi) is 2.04. The Balaban J connectivity index is 1.92. The van der Waals surface area contributed by atoms with Gasteiger partial charge in [0.1, 0.15) is 0 Å². The van der Waals surface area contributed by atoms with E-state index in [4.69, 9.17) is 4.74 Å². The van der Waals surface area contributed by atoms with Gasteiger partial charge < -0.3 is 9.64 Å². The van der Waals surface area contributed by atoms with Crippen molar-refractivity contribution in [1.82, 2.24) is 10.2 Å². The zero-order chi connectivity index (χ0) is 9.47. The molecule has 74 valence electrons. The van der Waals surface area contributed by atoms with Crippen molar-refractivity contribution in [2.45, 2.75) is 31.4 Å². The highest BCUT2D eigenvalue weighted by Gasteiger charge is 2.55. The highest BCUT2D eigenvalue weighted by atomic mass is 16.5. The van der Waals surface area contributed by atoms with Gasteiger partial charge in [-0.2, -0.15) is 0 Å². The van der Waals surface area contributed by atoms with Gasteiger partial charge in [-0.25, -0.2) is 0 Å². The van der Waals surface area contributed by atoms with Crippen LogP contribution in [0.4, 0.5) is 0 Å². The first-order chi connectivity index (χ1) is 6.18. The SMILES string of the molecule is COC(C)CN1CNC2(CC2)C1=O. The summed E-state index contributed by atoms with van der Waals surface area (Å²) >= 11 is 0. The Labute approximate surface area is 78.2 Å². The molecule has 13 heavy (non-hydrogen) atoms. The van der Waals surface area contributed by atoms with E-state index in [2.05, 4.69) is 5.32 Å². The molecular formula is C9H16N2O2. The van der Waals surface area contributed by atoms with Gasteiger partial charge in [0.05, 0.1) is 18.3 Å². The normalized spacial score (nSPS) is 26.9. The first-order valence-electron chi connectivity index (χ1n) is 4.75. The van der Waals surface area contributed by atoms with Crippen molar-refractivity contribution in [2.24, 2.45) is 0 Å². The van der Waals surface area contributed by atoms with Crippen molar-refractivity contribution in [2.75, 3.05) is 20.3 Å². The molecule has 0 bridgehead atoms. The molecule has 0 aromatic heterocycles. The van der Waals surface area contributed by atoms with Gasteiger partial charge in [0.2, 0.25) is 5.91 Å². The van der Waals surface area contributed by atoms with Gasteiger partial charge in [-0.15, -0.1) is 0 Å². The van der Waals surface area contributed by atoms with Crippen LogP contribution in [0.15, 0.2) is 0 Å². The summed E-state index contributed by atoms with van der Waals surface area (Å²) in [5, 5.41) is 3.26. The van der Waals surface area contributed by atoms with Crippen LogP contribution in [0, 0.1) is 0 Å². The number of amides is 1. The van der Waals surface area contributed by atoms with Crippen LogP contribution in [0.3, 0.4) is 0 Å². The topological polar surface area (TPSA) is 41.6 Å². The van der Waals surface area contributed by atoms with Crippen molar-refractivity contribution in [3.05, 3.63) is 0 Å². The Morgan fingerprint density at radius 2 is 2.38 bits per heavy atom. The van der Waals surface area contributed by atoms with Crippen molar-refractivity contribution >= 4 is 5.91 Å². The molecule has 1 atom stereocenters. The molecule has 2 rings (SSSR count). The van der Waals surface area contributed by atoms with Gasteiger partial charge in [0, 0.05) is 13.7 Å². The number of methoxy groups -OCH3 is 1. The molecule has 1 aliphatic carbocycles. The molecule has 2 fully saturated rings. The number of hydrogen-bond acceptors (Lipinski definition) is 3. The van der Waals surface area contributed by atoms with Crippen LogP contribution in [-0.2, 0) is 9.53 Å². The Morgan fingerprint density at radius 3 is 2.85 bits per heavy atom. The summed E-state index contributed by atoms with van der Waals surface area (Å²) in [7, 11) is 1.67. The summed E-state index contributed by atoms with van der Waals surface area (Å²) in [5.74, 6) is 0.261. The molecule has 0 aromatic carbocycles. The van der Waals surface area contributed by atoms with E-state index >= 15 is 0 Å². The van der Waals surface area contributed by atoms with Crippen LogP contribution in [-0.4, -0.2) is 42.8 Å². The fourth-order valence-electron chi connectivity index (χ4n) is 1.74. The van der Waals surface area contributed by atoms with Gasteiger partial charge in [-0.05, 0) is 19.8 Å². The molecule has 1 heterocycles. The van der Waals surface area contributed by atoms with Crippen molar-refractivity contribution < 1.29 is 9.53 Å². The van der Waals surface area contributed by atoms with E-state index < -0.39 is 0 Å². The van der Waals surface area contributed by atoms with E-state index in [1.165, 1.54) is 0 Å². The second-order valence-electron chi connectivity index (χ2n) is 3.99. The third kappa shape index (κ3) is 1.44. The van der Waals surface area contributed by atoms with Crippen LogP contribution in [0.5, 0.6) is 0 Å². The maximum Gasteiger partial charge on any atom is 0.244 e. The Hall–Kier alpha value is -0.610. The number of ether oxygens (including phenoxy) is 1. The predicted octanol–water partition coefficient (Wildman–Crippen LogP) is -0.0568. The smallest absolute Gasteiger partial charge is 0.244 e. The lowest BCUT2D eigenvalue weighted by molar-refractivity contribution is -0.131. The lowest BCUT2D eigenvalue weighted by Crippen LogP contribution is -2.36. The molecular weight excluding hydrogens is 168 g/mol. The minimum absolute atomic E-state index is 0.125. The van der Waals surface area contributed by atoms with Gasteiger partial charge >= 0.3 is 0 Å². The summed E-state index contributed by atoms with van der Waals surface area (Å²) < 4.78 is 5.13. The maximum atomic E-state index is 11.7. The van der Waals surface area contributed by atoms with Crippen molar-refractivity contribution in [3.8, 4) is 0 Å². The third-order valence-corrected chi connectivity index (χ3v) is 2.93. The second kappa shape index (κ2) is 2.96. The van der Waals surface area contributed by atoms with E-state index in [1.54, 1.807) is 7.11 Å². The molecule has 0 radical (unpaired) electrons. The van der Waals surface area contributed by atoms with E-state index in [-0.39, 0.29) is 17.6 Å². The zero-order valence-corrected chi connectivity index (χ0v) is 8.17. The number of carbonyl (C=O) groups excluding carboxylic acids is 1. The standard InChI is InChI=1S/C9H16N2O2/c1-7(13-2)5-11-6-10-9(3-4-9)8(11)12/h7,10H,3-6H2,1-2H3. The first-order valence-corrected chi connectivity index (χ1v) is 4.75. The van der Waals surface area contributed by atoms with E-state index in [0.717, 1.165) is 12.8 Å². The van der Waals surface area contributed by atoms with Crippen molar-refractivity contribution in [3.63, 3.8) is 0 Å². The molecule has 1 amide bonds. The molecule has 0 aromatic rings. The molecule has 1 saturated heterocycles. The quantitative estimate of drug-likeness (QED) is 0.668. The van der Waals surface area contributed by atoms with Crippen LogP contribution >= 0.6 is 0 Å². The first kappa shape index (κ1) is 8.97. The molecule has 1 aliphatic heterocycles. The summed E-state index contributed by atoms with van der Waals surface area (Å²) in [6, 6.07) is 0. The minimum Gasteiger partial charge on any atom is -0.380 e. The fraction of sp³-hybridized carbons (Fsp3) is 0.889. The predicted molar refractivity (Wildman–Crippen MR) is 48.2 cm³/mol. The molecule has 2 aliphatic rings. The monoisotopic (exact) mass is 184 g/mol. The lowest BCUT2D eigenvalue weighted by atomic mass is 10.2. The van der Waals surface area contributed by atoms with E-state index in [9.17, 15) is 4.79 Å². The average Bonchev–Trinajstić information content (AvgIpc) is 2.85. The molecule has 1 saturated carbocycles. The van der Waals surface area contributed by atoms with Crippen LogP contribution < -0.4 is 5.32 Å². The lowest BCUT2D eigenvalue weighted by Gasteiger charge is -2.19. The van der Waals surface area contributed by atoms with Crippen LogP contribution in [0.2, 0.25) is 0 Å². The number of carbonyl (C=O) groups is 1. The molecule has 4 heteroatoms. The summed E-state index contributed by atoms with van der Waals surface area (Å²) in [5.41, 5.74) is -0.159. The summed E-state index contributed by atoms with van der Waals surface area (Å²) in [4.78, 5) is 13.6. The van der Waals surface area contributed by atoms with Crippen LogP contribution in [0.1, 0.15) is 19.8 Å². The van der Waals surface area contributed by atoms with Gasteiger partial charge in [0.15, 0.2) is 0 Å². The van der Waals surface area contributed by atoms with Crippen LogP contribution in [0.25, 0.3) is 0 Å². The highest BCUT2D eigenvalue weighted by Crippen LogP contribution is 2.40. The number of rotatable bonds is 3.